The Morgan fingerprint density at radius 1 is 0.889 bits per heavy atom. The molecule has 0 unspecified atom stereocenters. The average molecular weight is 496 g/mol. The molecule has 1 fully saturated rings. The predicted molar refractivity (Wildman–Crippen MR) is 130 cm³/mol. The van der Waals surface area contributed by atoms with Crippen molar-refractivity contribution in [2.75, 3.05) is 44.7 Å². The quantitative estimate of drug-likeness (QED) is 0.422. The van der Waals surface area contributed by atoms with Crippen molar-refractivity contribution in [1.29, 1.82) is 0 Å². The first-order valence-corrected chi connectivity index (χ1v) is 11.6. The molecule has 186 valence electrons. The van der Waals surface area contributed by atoms with Crippen LogP contribution in [0.4, 0.5) is 19.0 Å². The summed E-state index contributed by atoms with van der Waals surface area (Å²) in [6, 6.07) is 12.4. The molecule has 7 nitrogen and oxygen atoms in total. The topological polar surface area (TPSA) is 72.3 Å². The standard InChI is InChI=1S/C26H24F3N5O2/c27-19-3-1-18(2-4-19)22-5-6-23-25(32-22)34(16-17-13-20(28)15-21(29)14-17)26(35)24(31-23)30-7-8-33-9-11-36-12-10-33/h1-6,13-15H,7-12,16H2,(H,30,31). The molecule has 1 aliphatic heterocycles. The summed E-state index contributed by atoms with van der Waals surface area (Å²) in [5.74, 6) is -1.72. The number of hydrogen-bond donors (Lipinski definition) is 1. The van der Waals surface area contributed by atoms with Gasteiger partial charge in [-0.2, -0.15) is 0 Å². The van der Waals surface area contributed by atoms with Gasteiger partial charge in [0, 0.05) is 37.8 Å². The van der Waals surface area contributed by atoms with Crippen LogP contribution in [0, 0.1) is 17.5 Å². The first kappa shape index (κ1) is 24.0. The van der Waals surface area contributed by atoms with Gasteiger partial charge < -0.3 is 10.1 Å². The highest BCUT2D eigenvalue weighted by atomic mass is 19.1. The Morgan fingerprint density at radius 3 is 2.33 bits per heavy atom. The van der Waals surface area contributed by atoms with Gasteiger partial charge in [-0.25, -0.2) is 23.1 Å². The Morgan fingerprint density at radius 2 is 1.61 bits per heavy atom. The van der Waals surface area contributed by atoms with Gasteiger partial charge in [-0.05, 0) is 54.1 Å². The second-order valence-corrected chi connectivity index (χ2v) is 8.56. The number of halogens is 3. The highest BCUT2D eigenvalue weighted by Crippen LogP contribution is 2.21. The summed E-state index contributed by atoms with van der Waals surface area (Å²) in [7, 11) is 0. The number of rotatable bonds is 7. The number of hydrogen-bond acceptors (Lipinski definition) is 6. The largest absolute Gasteiger partial charge is 0.379 e. The van der Waals surface area contributed by atoms with Gasteiger partial charge >= 0.3 is 0 Å². The van der Waals surface area contributed by atoms with E-state index in [0.29, 0.717) is 43.1 Å². The Labute approximate surface area is 205 Å². The molecule has 2 aromatic heterocycles. The molecule has 1 N–H and O–H groups in total. The maximum Gasteiger partial charge on any atom is 0.295 e. The van der Waals surface area contributed by atoms with Gasteiger partial charge in [0.1, 0.15) is 23.0 Å². The minimum absolute atomic E-state index is 0.107. The third kappa shape index (κ3) is 5.39. The van der Waals surface area contributed by atoms with E-state index in [-0.39, 0.29) is 29.4 Å². The summed E-state index contributed by atoms with van der Waals surface area (Å²) < 4.78 is 47.8. The maximum absolute atomic E-state index is 13.9. The van der Waals surface area contributed by atoms with E-state index in [9.17, 15) is 18.0 Å². The number of morpholine rings is 1. The molecule has 1 aliphatic rings. The van der Waals surface area contributed by atoms with Gasteiger partial charge in [0.25, 0.3) is 5.56 Å². The summed E-state index contributed by atoms with van der Waals surface area (Å²) in [6.07, 6.45) is 0. The summed E-state index contributed by atoms with van der Waals surface area (Å²) in [6.45, 7) is 4.07. The van der Waals surface area contributed by atoms with Crippen LogP contribution in [0.3, 0.4) is 0 Å². The van der Waals surface area contributed by atoms with Crippen molar-refractivity contribution in [2.45, 2.75) is 6.54 Å². The van der Waals surface area contributed by atoms with Crippen molar-refractivity contribution in [3.05, 3.63) is 88.0 Å². The molecule has 36 heavy (non-hydrogen) atoms. The molecule has 1 saturated heterocycles. The number of ether oxygens (including phenoxy) is 1. The fraction of sp³-hybridized carbons (Fsp3) is 0.269. The molecule has 0 radical (unpaired) electrons. The normalized spacial score (nSPS) is 14.3. The Balaban J connectivity index is 1.53. The molecule has 0 spiro atoms. The van der Waals surface area contributed by atoms with Crippen molar-refractivity contribution < 1.29 is 17.9 Å². The van der Waals surface area contributed by atoms with E-state index < -0.39 is 17.2 Å². The van der Waals surface area contributed by atoms with Gasteiger partial charge in [0.05, 0.1) is 25.5 Å². The number of fused-ring (bicyclic) bond motifs is 1. The van der Waals surface area contributed by atoms with E-state index in [1.54, 1.807) is 24.3 Å². The van der Waals surface area contributed by atoms with Crippen LogP contribution in [-0.2, 0) is 11.3 Å². The van der Waals surface area contributed by atoms with E-state index in [2.05, 4.69) is 20.2 Å². The highest BCUT2D eigenvalue weighted by molar-refractivity contribution is 5.76. The fourth-order valence-electron chi connectivity index (χ4n) is 4.20. The SMILES string of the molecule is O=c1c(NCCN2CCOCC2)nc2ccc(-c3ccc(F)cc3)nc2n1Cc1cc(F)cc(F)c1. The molecule has 4 aromatic rings. The lowest BCUT2D eigenvalue weighted by molar-refractivity contribution is 0.0398. The predicted octanol–water partition coefficient (Wildman–Crippen LogP) is 3.67. The molecular weight excluding hydrogens is 471 g/mol. The van der Waals surface area contributed by atoms with E-state index in [0.717, 1.165) is 19.2 Å². The van der Waals surface area contributed by atoms with Crippen LogP contribution >= 0.6 is 0 Å². The smallest absolute Gasteiger partial charge is 0.295 e. The Bertz CT molecular complexity index is 1420. The van der Waals surface area contributed by atoms with E-state index in [1.807, 2.05) is 0 Å². The molecule has 0 bridgehead atoms. The summed E-state index contributed by atoms with van der Waals surface area (Å²) in [5.41, 5.74) is 1.67. The van der Waals surface area contributed by atoms with Gasteiger partial charge in [0.2, 0.25) is 0 Å². The second kappa shape index (κ2) is 10.5. The van der Waals surface area contributed by atoms with E-state index in [1.165, 1.54) is 28.8 Å². The molecule has 0 aliphatic carbocycles. The molecule has 3 heterocycles. The van der Waals surface area contributed by atoms with Crippen molar-refractivity contribution in [3.63, 3.8) is 0 Å². The van der Waals surface area contributed by atoms with Gasteiger partial charge in [-0.15, -0.1) is 0 Å². The van der Waals surface area contributed by atoms with Crippen LogP contribution < -0.4 is 10.9 Å². The zero-order chi connectivity index (χ0) is 25.1. The third-order valence-corrected chi connectivity index (χ3v) is 6.02. The minimum atomic E-state index is -0.736. The number of pyridine rings is 1. The monoisotopic (exact) mass is 495 g/mol. The van der Waals surface area contributed by atoms with Crippen molar-refractivity contribution in [2.24, 2.45) is 0 Å². The lowest BCUT2D eigenvalue weighted by atomic mass is 10.1. The van der Waals surface area contributed by atoms with Crippen LogP contribution in [0.1, 0.15) is 5.56 Å². The van der Waals surface area contributed by atoms with Crippen LogP contribution in [0.15, 0.2) is 59.4 Å². The molecule has 10 heteroatoms. The van der Waals surface area contributed by atoms with Crippen molar-refractivity contribution >= 4 is 17.0 Å². The summed E-state index contributed by atoms with van der Waals surface area (Å²) in [4.78, 5) is 24.8. The number of nitrogens with zero attached hydrogens (tertiary/aromatic N) is 4. The lowest BCUT2D eigenvalue weighted by Gasteiger charge is -2.26. The average Bonchev–Trinajstić information content (AvgIpc) is 2.87. The van der Waals surface area contributed by atoms with Gasteiger partial charge in [-0.3, -0.25) is 14.3 Å². The molecular formula is C26H24F3N5O2. The zero-order valence-corrected chi connectivity index (χ0v) is 19.4. The van der Waals surface area contributed by atoms with Gasteiger partial charge in [0.15, 0.2) is 11.5 Å². The zero-order valence-electron chi connectivity index (χ0n) is 19.4. The minimum Gasteiger partial charge on any atom is -0.379 e. The Hall–Kier alpha value is -3.76. The number of benzene rings is 2. The second-order valence-electron chi connectivity index (χ2n) is 8.56. The molecule has 0 saturated carbocycles. The molecule has 0 amide bonds. The lowest BCUT2D eigenvalue weighted by Crippen LogP contribution is -2.39. The van der Waals surface area contributed by atoms with Crippen LogP contribution in [0.2, 0.25) is 0 Å². The van der Waals surface area contributed by atoms with Gasteiger partial charge in [-0.1, -0.05) is 0 Å². The van der Waals surface area contributed by atoms with E-state index >= 15 is 0 Å². The first-order chi connectivity index (χ1) is 17.5. The van der Waals surface area contributed by atoms with Crippen LogP contribution in [-0.4, -0.2) is 58.8 Å². The van der Waals surface area contributed by atoms with Crippen LogP contribution in [0.5, 0.6) is 0 Å². The van der Waals surface area contributed by atoms with Crippen molar-refractivity contribution in [1.82, 2.24) is 19.4 Å². The molecule has 2 aromatic carbocycles. The van der Waals surface area contributed by atoms with E-state index in [4.69, 9.17) is 4.74 Å². The third-order valence-electron chi connectivity index (χ3n) is 6.02. The fourth-order valence-corrected chi connectivity index (χ4v) is 4.20. The number of anilines is 1. The summed E-state index contributed by atoms with van der Waals surface area (Å²) >= 11 is 0. The molecule has 0 atom stereocenters. The number of nitrogens with one attached hydrogen (secondary N) is 1. The van der Waals surface area contributed by atoms with Crippen molar-refractivity contribution in [3.8, 4) is 11.3 Å². The maximum atomic E-state index is 13.9. The Kier molecular flexibility index (Phi) is 6.97. The molecule has 5 rings (SSSR count). The number of aromatic nitrogens is 3. The van der Waals surface area contributed by atoms with Crippen LogP contribution in [0.25, 0.3) is 22.4 Å². The highest BCUT2D eigenvalue weighted by Gasteiger charge is 2.16. The summed E-state index contributed by atoms with van der Waals surface area (Å²) in [5, 5.41) is 3.11. The first-order valence-electron chi connectivity index (χ1n) is 11.6.